The predicted molar refractivity (Wildman–Crippen MR) is 71.1 cm³/mol. The lowest BCUT2D eigenvalue weighted by atomic mass is 9.88. The van der Waals surface area contributed by atoms with Crippen LogP contribution in [-0.4, -0.2) is 19.3 Å². The van der Waals surface area contributed by atoms with E-state index in [2.05, 4.69) is 47.2 Å². The van der Waals surface area contributed by atoms with Crippen molar-refractivity contribution in [3.8, 4) is 0 Å². The summed E-state index contributed by atoms with van der Waals surface area (Å²) in [5.74, 6) is 0. The number of nitrogens with one attached hydrogen (secondary N) is 1. The second-order valence-electron chi connectivity index (χ2n) is 4.58. The van der Waals surface area contributed by atoms with Crippen molar-refractivity contribution in [2.24, 2.45) is 0 Å². The van der Waals surface area contributed by atoms with Gasteiger partial charge in [-0.25, -0.2) is 0 Å². The molecule has 1 aromatic rings. The summed E-state index contributed by atoms with van der Waals surface area (Å²) >= 11 is 3.52. The van der Waals surface area contributed by atoms with Gasteiger partial charge in [0.2, 0.25) is 0 Å². The van der Waals surface area contributed by atoms with Crippen molar-refractivity contribution in [2.75, 3.05) is 12.4 Å². The molecule has 0 heterocycles. The Morgan fingerprint density at radius 2 is 1.81 bits per heavy atom. The van der Waals surface area contributed by atoms with E-state index < -0.39 is 0 Å². The highest BCUT2D eigenvalue weighted by molar-refractivity contribution is 9.10. The predicted octanol–water partition coefficient (Wildman–Crippen LogP) is 3.66. The zero-order valence-electron chi connectivity index (χ0n) is 10.0. The Morgan fingerprint density at radius 3 is 2.31 bits per heavy atom. The lowest BCUT2D eigenvalue weighted by molar-refractivity contribution is 0.0328. The molecule has 1 fully saturated rings. The quantitative estimate of drug-likeness (QED) is 0.914. The lowest BCUT2D eigenvalue weighted by Crippen LogP contribution is -2.40. The highest BCUT2D eigenvalue weighted by atomic mass is 79.9. The smallest absolute Gasteiger partial charge is 0.0610 e. The van der Waals surface area contributed by atoms with E-state index in [1.807, 2.05) is 0 Å². The molecule has 1 aliphatic rings. The number of halogens is 1. The molecule has 0 radical (unpaired) electrons. The van der Waals surface area contributed by atoms with E-state index in [0.717, 1.165) is 17.3 Å². The average Bonchev–Trinajstić information content (AvgIpc) is 2.13. The molecule has 1 aromatic carbocycles. The van der Waals surface area contributed by atoms with E-state index in [4.69, 9.17) is 4.74 Å². The zero-order chi connectivity index (χ0) is 11.7. The normalized spacial score (nSPS) is 24.0. The molecule has 0 saturated heterocycles. The van der Waals surface area contributed by atoms with Crippen molar-refractivity contribution in [3.05, 3.63) is 27.7 Å². The van der Waals surface area contributed by atoms with Gasteiger partial charge in [-0.05, 0) is 49.9 Å². The fraction of sp³-hybridized carbons (Fsp3) is 0.538. The molecule has 0 amide bonds. The molecule has 16 heavy (non-hydrogen) atoms. The summed E-state index contributed by atoms with van der Waals surface area (Å²) in [6.07, 6.45) is 2.69. The highest BCUT2D eigenvalue weighted by Gasteiger charge is 2.29. The van der Waals surface area contributed by atoms with Crippen LogP contribution in [-0.2, 0) is 4.74 Å². The first kappa shape index (κ1) is 11.9. The van der Waals surface area contributed by atoms with Crippen molar-refractivity contribution < 1.29 is 4.74 Å². The first-order valence-electron chi connectivity index (χ1n) is 5.66. The van der Waals surface area contributed by atoms with E-state index in [9.17, 15) is 0 Å². The molecule has 1 aliphatic carbocycles. The number of aryl methyl sites for hydroxylation is 2. The van der Waals surface area contributed by atoms with Gasteiger partial charge in [-0.1, -0.05) is 15.9 Å². The molecule has 3 heteroatoms. The van der Waals surface area contributed by atoms with Gasteiger partial charge < -0.3 is 10.1 Å². The summed E-state index contributed by atoms with van der Waals surface area (Å²) in [4.78, 5) is 0. The number of methoxy groups -OCH3 is 1. The minimum absolute atomic E-state index is 0.452. The van der Waals surface area contributed by atoms with Gasteiger partial charge in [0.15, 0.2) is 0 Å². The summed E-state index contributed by atoms with van der Waals surface area (Å²) in [6, 6.07) is 4.88. The van der Waals surface area contributed by atoms with Crippen molar-refractivity contribution >= 4 is 21.6 Å². The number of hydrogen-bond acceptors (Lipinski definition) is 2. The molecule has 0 spiro atoms. The second kappa shape index (κ2) is 4.76. The van der Waals surface area contributed by atoms with Crippen LogP contribution < -0.4 is 5.32 Å². The van der Waals surface area contributed by atoms with Crippen LogP contribution >= 0.6 is 15.9 Å². The molecule has 1 N–H and O–H groups in total. The van der Waals surface area contributed by atoms with E-state index >= 15 is 0 Å². The number of anilines is 1. The van der Waals surface area contributed by atoms with E-state index in [0.29, 0.717) is 12.1 Å². The Hall–Kier alpha value is -0.540. The van der Waals surface area contributed by atoms with Crippen LogP contribution in [0.4, 0.5) is 5.69 Å². The molecule has 0 aromatic heterocycles. The van der Waals surface area contributed by atoms with Crippen LogP contribution in [0.1, 0.15) is 24.0 Å². The maximum Gasteiger partial charge on any atom is 0.0610 e. The van der Waals surface area contributed by atoms with Crippen LogP contribution in [0.15, 0.2) is 16.6 Å². The zero-order valence-corrected chi connectivity index (χ0v) is 11.6. The van der Waals surface area contributed by atoms with Crippen molar-refractivity contribution in [2.45, 2.75) is 38.8 Å². The summed E-state index contributed by atoms with van der Waals surface area (Å²) in [5.41, 5.74) is 3.88. The average molecular weight is 284 g/mol. The van der Waals surface area contributed by atoms with E-state index in [1.54, 1.807) is 7.11 Å². The van der Waals surface area contributed by atoms with Crippen molar-refractivity contribution in [1.29, 1.82) is 0 Å². The number of ether oxygens (including phenoxy) is 1. The van der Waals surface area contributed by atoms with E-state index in [-0.39, 0.29) is 0 Å². The first-order chi connectivity index (χ1) is 7.60. The molecule has 0 atom stereocenters. The third-order valence-electron chi connectivity index (χ3n) is 3.27. The summed E-state index contributed by atoms with van der Waals surface area (Å²) in [6.45, 7) is 4.29. The van der Waals surface area contributed by atoms with Gasteiger partial charge in [0, 0.05) is 23.3 Å². The third kappa shape index (κ3) is 2.41. The van der Waals surface area contributed by atoms with Crippen molar-refractivity contribution in [3.63, 3.8) is 0 Å². The summed E-state index contributed by atoms with van der Waals surface area (Å²) < 4.78 is 6.44. The fourth-order valence-corrected chi connectivity index (χ4v) is 2.91. The molecule has 1 saturated carbocycles. The molecule has 0 unspecified atom stereocenters. The summed E-state index contributed by atoms with van der Waals surface area (Å²) in [7, 11) is 1.79. The Kier molecular flexibility index (Phi) is 3.55. The van der Waals surface area contributed by atoms with Crippen LogP contribution in [0, 0.1) is 13.8 Å². The standard InChI is InChI=1S/C13H18BrNO/c1-8-4-10(14)5-9(2)13(8)15-11-6-12(7-11)16-3/h4-5,11-12,15H,6-7H2,1-3H3. The lowest BCUT2D eigenvalue weighted by Gasteiger charge is -2.36. The van der Waals surface area contributed by atoms with Gasteiger partial charge in [0.25, 0.3) is 0 Å². The minimum Gasteiger partial charge on any atom is -0.382 e. The number of hydrogen-bond donors (Lipinski definition) is 1. The van der Waals surface area contributed by atoms with Gasteiger partial charge in [0.05, 0.1) is 6.10 Å². The second-order valence-corrected chi connectivity index (χ2v) is 5.50. The van der Waals surface area contributed by atoms with Gasteiger partial charge >= 0.3 is 0 Å². The third-order valence-corrected chi connectivity index (χ3v) is 3.73. The van der Waals surface area contributed by atoms with Crippen LogP contribution in [0.3, 0.4) is 0 Å². The Bertz CT molecular complexity index is 363. The van der Waals surface area contributed by atoms with Gasteiger partial charge in [-0.3, -0.25) is 0 Å². The minimum atomic E-state index is 0.452. The van der Waals surface area contributed by atoms with E-state index in [1.165, 1.54) is 16.8 Å². The Morgan fingerprint density at radius 1 is 1.25 bits per heavy atom. The van der Waals surface area contributed by atoms with Gasteiger partial charge in [-0.2, -0.15) is 0 Å². The van der Waals surface area contributed by atoms with Crippen LogP contribution in [0.5, 0.6) is 0 Å². The SMILES string of the molecule is COC1CC(Nc2c(C)cc(Br)cc2C)C1. The molecule has 2 nitrogen and oxygen atoms in total. The molecule has 2 rings (SSSR count). The fourth-order valence-electron chi connectivity index (χ4n) is 2.22. The van der Waals surface area contributed by atoms with Gasteiger partial charge in [-0.15, -0.1) is 0 Å². The topological polar surface area (TPSA) is 21.3 Å². The monoisotopic (exact) mass is 283 g/mol. The molecule has 0 aliphatic heterocycles. The maximum atomic E-state index is 5.29. The summed E-state index contributed by atoms with van der Waals surface area (Å²) in [5, 5.41) is 3.61. The number of benzene rings is 1. The first-order valence-corrected chi connectivity index (χ1v) is 6.45. The number of rotatable bonds is 3. The van der Waals surface area contributed by atoms with Crippen molar-refractivity contribution in [1.82, 2.24) is 0 Å². The van der Waals surface area contributed by atoms with Crippen LogP contribution in [0.25, 0.3) is 0 Å². The Labute approximate surface area is 106 Å². The maximum absolute atomic E-state index is 5.29. The molecule has 0 bridgehead atoms. The van der Waals surface area contributed by atoms with Gasteiger partial charge in [0.1, 0.15) is 0 Å². The van der Waals surface area contributed by atoms with Crippen LogP contribution in [0.2, 0.25) is 0 Å². The highest BCUT2D eigenvalue weighted by Crippen LogP contribution is 2.31. The molecular weight excluding hydrogens is 266 g/mol. The molecular formula is C13H18BrNO. The Balaban J connectivity index is 2.05. The largest absolute Gasteiger partial charge is 0.382 e. The molecule has 88 valence electrons.